The van der Waals surface area contributed by atoms with Gasteiger partial charge in [-0.25, -0.2) is 4.98 Å². The van der Waals surface area contributed by atoms with Gasteiger partial charge in [0.1, 0.15) is 5.01 Å². The summed E-state index contributed by atoms with van der Waals surface area (Å²) in [6, 6.07) is 0.755. The molecule has 0 saturated heterocycles. The number of aryl methyl sites for hydroxylation is 2. The van der Waals surface area contributed by atoms with Gasteiger partial charge in [0, 0.05) is 10.9 Å². The van der Waals surface area contributed by atoms with Crippen LogP contribution < -0.4 is 5.32 Å². The molecule has 0 amide bonds. The Morgan fingerprint density at radius 1 is 1.41 bits per heavy atom. The van der Waals surface area contributed by atoms with Crippen molar-refractivity contribution in [2.45, 2.75) is 70.4 Å². The summed E-state index contributed by atoms with van der Waals surface area (Å²) in [4.78, 5) is 6.47. The number of nitrogens with one attached hydrogen (secondary N) is 1. The fourth-order valence-corrected chi connectivity index (χ4v) is 4.13. The lowest BCUT2D eigenvalue weighted by molar-refractivity contribution is 0.331. The Hall–Kier alpha value is -0.410. The molecule has 0 bridgehead atoms. The van der Waals surface area contributed by atoms with Crippen molar-refractivity contribution in [3.05, 3.63) is 15.6 Å². The van der Waals surface area contributed by atoms with Gasteiger partial charge in [-0.15, -0.1) is 11.3 Å². The van der Waals surface area contributed by atoms with Crippen molar-refractivity contribution in [1.82, 2.24) is 10.3 Å². The SMILES string of the molecule is CCCC(C)(NC1CC1)c1nc2c(s1)CCC2. The second-order valence-electron chi connectivity index (χ2n) is 5.74. The van der Waals surface area contributed by atoms with Gasteiger partial charge in [0.2, 0.25) is 0 Å². The molecule has 1 atom stereocenters. The third kappa shape index (κ3) is 2.27. The standard InChI is InChI=1S/C14H22N2S/c1-3-9-14(2,16-10-7-8-10)13-15-11-5-4-6-12(11)17-13/h10,16H,3-9H2,1-2H3. The van der Waals surface area contributed by atoms with Crippen LogP contribution in [-0.4, -0.2) is 11.0 Å². The highest BCUT2D eigenvalue weighted by atomic mass is 32.1. The summed E-state index contributed by atoms with van der Waals surface area (Å²) in [6.45, 7) is 4.62. The third-order valence-electron chi connectivity index (χ3n) is 3.92. The summed E-state index contributed by atoms with van der Waals surface area (Å²) in [7, 11) is 0. The molecule has 0 spiro atoms. The normalized spacial score (nSPS) is 22.5. The highest BCUT2D eigenvalue weighted by Crippen LogP contribution is 2.37. The molecule has 1 aromatic heterocycles. The molecule has 0 aliphatic heterocycles. The number of aromatic nitrogens is 1. The van der Waals surface area contributed by atoms with Crippen LogP contribution >= 0.6 is 11.3 Å². The number of hydrogen-bond donors (Lipinski definition) is 1. The fraction of sp³-hybridized carbons (Fsp3) is 0.786. The summed E-state index contributed by atoms with van der Waals surface area (Å²) in [5.74, 6) is 0. The van der Waals surface area contributed by atoms with Gasteiger partial charge in [-0.2, -0.15) is 0 Å². The van der Waals surface area contributed by atoms with E-state index in [9.17, 15) is 0 Å². The van der Waals surface area contributed by atoms with Crippen LogP contribution in [0.3, 0.4) is 0 Å². The number of hydrogen-bond acceptors (Lipinski definition) is 3. The van der Waals surface area contributed by atoms with Crippen LogP contribution in [0.5, 0.6) is 0 Å². The monoisotopic (exact) mass is 250 g/mol. The lowest BCUT2D eigenvalue weighted by Gasteiger charge is -2.28. The molecule has 0 aromatic carbocycles. The predicted molar refractivity (Wildman–Crippen MR) is 72.6 cm³/mol. The van der Waals surface area contributed by atoms with Gasteiger partial charge in [0.15, 0.2) is 0 Å². The summed E-state index contributed by atoms with van der Waals surface area (Å²) >= 11 is 1.97. The lowest BCUT2D eigenvalue weighted by atomic mass is 9.96. The molecule has 2 nitrogen and oxygen atoms in total. The molecule has 2 aliphatic rings. The molecular weight excluding hydrogens is 228 g/mol. The molecular formula is C14H22N2S. The average Bonchev–Trinajstić information content (AvgIpc) is 2.82. The first-order valence-electron chi connectivity index (χ1n) is 6.98. The largest absolute Gasteiger partial charge is 0.303 e. The van der Waals surface area contributed by atoms with Crippen molar-refractivity contribution in [3.63, 3.8) is 0 Å². The van der Waals surface area contributed by atoms with Crippen LogP contribution in [0.1, 0.15) is 61.5 Å². The maximum absolute atomic E-state index is 4.92. The van der Waals surface area contributed by atoms with Crippen LogP contribution in [0.4, 0.5) is 0 Å². The van der Waals surface area contributed by atoms with Gasteiger partial charge in [0.05, 0.1) is 11.2 Å². The zero-order valence-electron chi connectivity index (χ0n) is 10.9. The van der Waals surface area contributed by atoms with E-state index >= 15 is 0 Å². The van der Waals surface area contributed by atoms with Crippen LogP contribution in [0.15, 0.2) is 0 Å². The molecule has 1 unspecified atom stereocenters. The van der Waals surface area contributed by atoms with Crippen molar-refractivity contribution >= 4 is 11.3 Å². The van der Waals surface area contributed by atoms with Crippen molar-refractivity contribution in [2.75, 3.05) is 0 Å². The molecule has 94 valence electrons. The van der Waals surface area contributed by atoms with Gasteiger partial charge in [-0.1, -0.05) is 13.3 Å². The van der Waals surface area contributed by atoms with Crippen LogP contribution in [-0.2, 0) is 18.4 Å². The van der Waals surface area contributed by atoms with Gasteiger partial charge >= 0.3 is 0 Å². The Labute approximate surface area is 108 Å². The molecule has 17 heavy (non-hydrogen) atoms. The summed E-state index contributed by atoms with van der Waals surface area (Å²) in [6.07, 6.45) is 8.91. The first-order chi connectivity index (χ1) is 8.21. The Kier molecular flexibility index (Phi) is 2.99. The van der Waals surface area contributed by atoms with E-state index in [-0.39, 0.29) is 5.54 Å². The summed E-state index contributed by atoms with van der Waals surface area (Å²) in [5, 5.41) is 5.16. The molecule has 1 heterocycles. The van der Waals surface area contributed by atoms with Gasteiger partial charge in [-0.05, 0) is 45.4 Å². The minimum absolute atomic E-state index is 0.130. The minimum atomic E-state index is 0.130. The topological polar surface area (TPSA) is 24.9 Å². The Bertz CT molecular complexity index is 387. The van der Waals surface area contributed by atoms with E-state index < -0.39 is 0 Å². The number of rotatable bonds is 5. The highest BCUT2D eigenvalue weighted by molar-refractivity contribution is 7.12. The van der Waals surface area contributed by atoms with E-state index in [1.54, 1.807) is 4.88 Å². The zero-order valence-corrected chi connectivity index (χ0v) is 11.7. The van der Waals surface area contributed by atoms with Gasteiger partial charge < -0.3 is 5.32 Å². The molecule has 0 radical (unpaired) electrons. The van der Waals surface area contributed by atoms with Crippen molar-refractivity contribution in [1.29, 1.82) is 0 Å². The maximum atomic E-state index is 4.92. The smallest absolute Gasteiger partial charge is 0.113 e. The van der Waals surface area contributed by atoms with E-state index in [1.807, 2.05) is 11.3 Å². The summed E-state index contributed by atoms with van der Waals surface area (Å²) < 4.78 is 0. The van der Waals surface area contributed by atoms with E-state index in [2.05, 4.69) is 19.2 Å². The summed E-state index contributed by atoms with van der Waals surface area (Å²) in [5.41, 5.74) is 1.52. The highest BCUT2D eigenvalue weighted by Gasteiger charge is 2.36. The minimum Gasteiger partial charge on any atom is -0.303 e. The quantitative estimate of drug-likeness (QED) is 0.866. The van der Waals surface area contributed by atoms with Crippen LogP contribution in [0.25, 0.3) is 0 Å². The maximum Gasteiger partial charge on any atom is 0.113 e. The van der Waals surface area contributed by atoms with Gasteiger partial charge in [0.25, 0.3) is 0 Å². The second-order valence-corrected chi connectivity index (χ2v) is 6.83. The molecule has 1 N–H and O–H groups in total. The Morgan fingerprint density at radius 3 is 2.88 bits per heavy atom. The molecule has 1 saturated carbocycles. The molecule has 1 fully saturated rings. The lowest BCUT2D eigenvalue weighted by Crippen LogP contribution is -2.40. The fourth-order valence-electron chi connectivity index (χ4n) is 2.85. The van der Waals surface area contributed by atoms with E-state index in [0.717, 1.165) is 6.04 Å². The van der Waals surface area contributed by atoms with Crippen LogP contribution in [0, 0.1) is 0 Å². The number of nitrogens with zero attached hydrogens (tertiary/aromatic N) is 1. The van der Waals surface area contributed by atoms with E-state index in [1.165, 1.54) is 55.6 Å². The molecule has 3 heteroatoms. The van der Waals surface area contributed by atoms with Crippen molar-refractivity contribution in [3.8, 4) is 0 Å². The van der Waals surface area contributed by atoms with Crippen molar-refractivity contribution < 1.29 is 0 Å². The molecule has 1 aromatic rings. The third-order valence-corrected chi connectivity index (χ3v) is 5.34. The Morgan fingerprint density at radius 2 is 2.24 bits per heavy atom. The molecule has 3 rings (SSSR count). The van der Waals surface area contributed by atoms with Crippen molar-refractivity contribution in [2.24, 2.45) is 0 Å². The average molecular weight is 250 g/mol. The number of fused-ring (bicyclic) bond motifs is 1. The van der Waals surface area contributed by atoms with E-state index in [0.29, 0.717) is 0 Å². The second kappa shape index (κ2) is 4.36. The first-order valence-corrected chi connectivity index (χ1v) is 7.79. The zero-order chi connectivity index (χ0) is 11.9. The Balaban J connectivity index is 1.85. The first kappa shape index (κ1) is 11.7. The van der Waals surface area contributed by atoms with E-state index in [4.69, 9.17) is 4.98 Å². The predicted octanol–water partition coefficient (Wildman–Crippen LogP) is 3.40. The van der Waals surface area contributed by atoms with Crippen LogP contribution in [0.2, 0.25) is 0 Å². The number of thiazole rings is 1. The molecule has 2 aliphatic carbocycles. The van der Waals surface area contributed by atoms with Gasteiger partial charge in [-0.3, -0.25) is 0 Å².